The lowest BCUT2D eigenvalue weighted by atomic mass is 10.1. The molecule has 0 amide bonds. The highest BCUT2D eigenvalue weighted by Gasteiger charge is 2.62. The van der Waals surface area contributed by atoms with Crippen LogP contribution in [0.2, 0.25) is 0 Å². The van der Waals surface area contributed by atoms with Gasteiger partial charge >= 0.3 is 0 Å². The number of phenols is 1. The summed E-state index contributed by atoms with van der Waals surface area (Å²) in [5, 5.41) is 10.0. The second kappa shape index (κ2) is 3.45. The van der Waals surface area contributed by atoms with Gasteiger partial charge in [-0.05, 0) is 23.3 Å². The first-order valence-electron chi connectivity index (χ1n) is 7.26. The molecule has 1 atom stereocenters. The fraction of sp³-hybridized carbons (Fsp3) is 0.294. The minimum atomic E-state index is 0.109. The molecule has 0 bridgehead atoms. The first kappa shape index (κ1) is 11.3. The number of hydrogen-bond donors (Lipinski definition) is 1. The lowest BCUT2D eigenvalue weighted by Crippen LogP contribution is -2.42. The average Bonchev–Trinajstić information content (AvgIpc) is 3.13. The van der Waals surface area contributed by atoms with Crippen molar-refractivity contribution < 1.29 is 9.84 Å². The molecule has 1 saturated heterocycles. The molecule has 21 heavy (non-hydrogen) atoms. The van der Waals surface area contributed by atoms with E-state index in [4.69, 9.17) is 4.74 Å². The smallest absolute Gasteiger partial charge is 0.160 e. The third-order valence-electron chi connectivity index (χ3n) is 5.07. The van der Waals surface area contributed by atoms with Crippen LogP contribution in [0.4, 0.5) is 11.4 Å². The van der Waals surface area contributed by atoms with Gasteiger partial charge in [-0.25, -0.2) is 0 Å². The number of phenolic OH excluding ortho intramolecular Hbond substituents is 1. The summed E-state index contributed by atoms with van der Waals surface area (Å²) in [6.07, 6.45) is 1.06. The SMILES string of the molecule is COc1cc2c(cc1O)N1C[C@@]13Cc1ccccc1N3C2. The van der Waals surface area contributed by atoms with Crippen molar-refractivity contribution >= 4 is 11.4 Å². The monoisotopic (exact) mass is 280 g/mol. The molecule has 3 aliphatic heterocycles. The molecule has 3 heterocycles. The van der Waals surface area contributed by atoms with E-state index in [1.165, 1.54) is 16.8 Å². The van der Waals surface area contributed by atoms with Crippen LogP contribution in [-0.2, 0) is 13.0 Å². The van der Waals surface area contributed by atoms with Crippen LogP contribution >= 0.6 is 0 Å². The van der Waals surface area contributed by atoms with Gasteiger partial charge in [-0.15, -0.1) is 0 Å². The molecule has 106 valence electrons. The Bertz CT molecular complexity index is 773. The maximum absolute atomic E-state index is 10.0. The summed E-state index contributed by atoms with van der Waals surface area (Å²) in [6, 6.07) is 12.5. The number of para-hydroxylation sites is 1. The summed E-state index contributed by atoms with van der Waals surface area (Å²) in [4.78, 5) is 4.89. The van der Waals surface area contributed by atoms with Crippen LogP contribution < -0.4 is 14.5 Å². The Hall–Kier alpha value is -2.36. The van der Waals surface area contributed by atoms with E-state index < -0.39 is 0 Å². The minimum absolute atomic E-state index is 0.109. The van der Waals surface area contributed by atoms with Gasteiger partial charge in [0.25, 0.3) is 0 Å². The number of hydrogen-bond acceptors (Lipinski definition) is 4. The molecule has 1 N–H and O–H groups in total. The Balaban J connectivity index is 1.66. The van der Waals surface area contributed by atoms with Crippen molar-refractivity contribution in [3.63, 3.8) is 0 Å². The van der Waals surface area contributed by atoms with E-state index in [0.29, 0.717) is 5.75 Å². The summed E-state index contributed by atoms with van der Waals surface area (Å²) < 4.78 is 5.25. The molecule has 0 aliphatic carbocycles. The molecule has 0 aromatic heterocycles. The van der Waals surface area contributed by atoms with E-state index in [1.807, 2.05) is 12.1 Å². The molecule has 2 aromatic rings. The highest BCUT2D eigenvalue weighted by molar-refractivity contribution is 5.79. The number of fused-ring (bicyclic) bond motifs is 4. The van der Waals surface area contributed by atoms with E-state index in [1.54, 1.807) is 7.11 Å². The molecular formula is C17H16N2O2. The van der Waals surface area contributed by atoms with Crippen molar-refractivity contribution in [2.45, 2.75) is 18.6 Å². The summed E-state index contributed by atoms with van der Waals surface area (Å²) in [6.45, 7) is 1.90. The van der Waals surface area contributed by atoms with Crippen LogP contribution in [0.25, 0.3) is 0 Å². The third-order valence-corrected chi connectivity index (χ3v) is 5.07. The predicted octanol–water partition coefficient (Wildman–Crippen LogP) is 2.49. The van der Waals surface area contributed by atoms with E-state index in [2.05, 4.69) is 34.1 Å². The van der Waals surface area contributed by atoms with E-state index in [0.717, 1.165) is 25.2 Å². The molecule has 0 saturated carbocycles. The van der Waals surface area contributed by atoms with Crippen LogP contribution in [0.5, 0.6) is 11.5 Å². The van der Waals surface area contributed by atoms with Gasteiger partial charge in [-0.2, -0.15) is 0 Å². The number of anilines is 2. The Morgan fingerprint density at radius 1 is 1.10 bits per heavy atom. The highest BCUT2D eigenvalue weighted by atomic mass is 16.5. The number of nitrogens with zero attached hydrogens (tertiary/aromatic N) is 2. The fourth-order valence-corrected chi connectivity index (χ4v) is 4.00. The number of rotatable bonds is 1. The van der Waals surface area contributed by atoms with Gasteiger partial charge in [0.1, 0.15) is 5.66 Å². The van der Waals surface area contributed by atoms with Crippen molar-refractivity contribution in [3.8, 4) is 11.5 Å². The van der Waals surface area contributed by atoms with Gasteiger partial charge in [0.05, 0.1) is 13.7 Å². The Labute approximate surface area is 123 Å². The summed E-state index contributed by atoms with van der Waals surface area (Å²) in [5.41, 5.74) is 5.24. The molecule has 1 fully saturated rings. The third kappa shape index (κ3) is 1.25. The van der Waals surface area contributed by atoms with Gasteiger partial charge in [0, 0.05) is 30.4 Å². The lowest BCUT2D eigenvalue weighted by molar-refractivity contribution is 0.372. The molecule has 1 spiro atoms. The van der Waals surface area contributed by atoms with Gasteiger partial charge in [-0.1, -0.05) is 18.2 Å². The second-order valence-corrected chi connectivity index (χ2v) is 6.11. The highest BCUT2D eigenvalue weighted by Crippen LogP contribution is 2.57. The van der Waals surface area contributed by atoms with Crippen LogP contribution in [0.3, 0.4) is 0 Å². The first-order valence-corrected chi connectivity index (χ1v) is 7.26. The average molecular weight is 280 g/mol. The van der Waals surface area contributed by atoms with Crippen molar-refractivity contribution in [2.75, 3.05) is 23.5 Å². The second-order valence-electron chi connectivity index (χ2n) is 6.11. The lowest BCUT2D eigenvalue weighted by Gasteiger charge is -2.34. The van der Waals surface area contributed by atoms with E-state index in [9.17, 15) is 5.11 Å². The fourth-order valence-electron chi connectivity index (χ4n) is 4.00. The predicted molar refractivity (Wildman–Crippen MR) is 81.1 cm³/mol. The van der Waals surface area contributed by atoms with Crippen molar-refractivity contribution in [1.29, 1.82) is 0 Å². The normalized spacial score (nSPS) is 24.0. The van der Waals surface area contributed by atoms with E-state index in [-0.39, 0.29) is 11.4 Å². The van der Waals surface area contributed by atoms with Gasteiger partial charge in [0.2, 0.25) is 0 Å². The first-order chi connectivity index (χ1) is 10.2. The van der Waals surface area contributed by atoms with Crippen molar-refractivity contribution in [3.05, 3.63) is 47.5 Å². The summed E-state index contributed by atoms with van der Waals surface area (Å²) >= 11 is 0. The van der Waals surface area contributed by atoms with Crippen LogP contribution in [-0.4, -0.2) is 24.4 Å². The minimum Gasteiger partial charge on any atom is -0.504 e. The quantitative estimate of drug-likeness (QED) is 0.814. The van der Waals surface area contributed by atoms with Crippen molar-refractivity contribution in [1.82, 2.24) is 0 Å². The molecule has 5 rings (SSSR count). The van der Waals surface area contributed by atoms with Crippen LogP contribution in [0.15, 0.2) is 36.4 Å². The molecule has 3 aliphatic rings. The number of ether oxygens (including phenoxy) is 1. The molecule has 0 unspecified atom stereocenters. The zero-order valence-electron chi connectivity index (χ0n) is 11.8. The maximum atomic E-state index is 10.0. The van der Waals surface area contributed by atoms with Crippen LogP contribution in [0, 0.1) is 0 Å². The summed E-state index contributed by atoms with van der Waals surface area (Å²) in [7, 11) is 1.59. The summed E-state index contributed by atoms with van der Waals surface area (Å²) in [5.74, 6) is 0.776. The van der Waals surface area contributed by atoms with Crippen molar-refractivity contribution in [2.24, 2.45) is 0 Å². The van der Waals surface area contributed by atoms with E-state index >= 15 is 0 Å². The maximum Gasteiger partial charge on any atom is 0.160 e. The molecule has 4 nitrogen and oxygen atoms in total. The standard InChI is InChI=1S/C17H16N2O2/c1-21-16-6-12-9-18-13-5-3-2-4-11(13)8-17(18)10-19(17)14(12)7-15(16)20/h2-7,20H,8-10H2,1H3/t17-,19?/m1/s1. The molecule has 4 heteroatoms. The molecule has 2 aromatic carbocycles. The van der Waals surface area contributed by atoms with Crippen LogP contribution in [0.1, 0.15) is 11.1 Å². The largest absolute Gasteiger partial charge is 0.504 e. The number of benzene rings is 2. The Kier molecular flexibility index (Phi) is 1.86. The number of methoxy groups -OCH3 is 1. The topological polar surface area (TPSA) is 35.7 Å². The zero-order chi connectivity index (χ0) is 14.2. The van der Waals surface area contributed by atoms with Gasteiger partial charge < -0.3 is 19.6 Å². The van der Waals surface area contributed by atoms with Gasteiger partial charge in [0.15, 0.2) is 11.5 Å². The molecule has 0 radical (unpaired) electrons. The number of aromatic hydroxyl groups is 1. The zero-order valence-corrected chi connectivity index (χ0v) is 11.8. The Morgan fingerprint density at radius 2 is 1.95 bits per heavy atom. The van der Waals surface area contributed by atoms with Gasteiger partial charge in [-0.3, -0.25) is 0 Å². The molecular weight excluding hydrogens is 264 g/mol. The Morgan fingerprint density at radius 3 is 2.81 bits per heavy atom.